The van der Waals surface area contributed by atoms with Crippen molar-refractivity contribution in [3.63, 3.8) is 0 Å². The molecule has 1 radical (unpaired) electrons. The van der Waals surface area contributed by atoms with Crippen LogP contribution < -0.4 is 0 Å². The summed E-state index contributed by atoms with van der Waals surface area (Å²) in [5, 5.41) is 0. The lowest BCUT2D eigenvalue weighted by Gasteiger charge is -2.00. The van der Waals surface area contributed by atoms with Gasteiger partial charge in [-0.2, -0.15) is 0 Å². The molecule has 0 N–H and O–H groups in total. The normalized spacial score (nSPS) is 21.3. The van der Waals surface area contributed by atoms with Crippen LogP contribution in [-0.2, 0) is 0 Å². The van der Waals surface area contributed by atoms with Crippen molar-refractivity contribution >= 4 is 0 Å². The Morgan fingerprint density at radius 3 is 2.78 bits per heavy atom. The summed E-state index contributed by atoms with van der Waals surface area (Å²) in [7, 11) is 0. The van der Waals surface area contributed by atoms with Crippen LogP contribution in [0.5, 0.6) is 0 Å². The summed E-state index contributed by atoms with van der Waals surface area (Å²) in [6, 6.07) is 0. The standard InChI is InChI=1S/C9H13/c1-8-4-3-5-9(2)7-6-8/h3-5H,6-7H2,1-2H3. The summed E-state index contributed by atoms with van der Waals surface area (Å²) in [4.78, 5) is 0. The fourth-order valence-corrected chi connectivity index (χ4v) is 0.938. The Balaban J connectivity index is 2.55. The Morgan fingerprint density at radius 1 is 1.22 bits per heavy atom. The molecule has 0 aromatic carbocycles. The molecule has 0 spiro atoms. The van der Waals surface area contributed by atoms with Crippen molar-refractivity contribution in [2.24, 2.45) is 0 Å². The van der Waals surface area contributed by atoms with Gasteiger partial charge in [-0.05, 0) is 25.7 Å². The fraction of sp³-hybridized carbons (Fsp3) is 0.444. The minimum Gasteiger partial charge on any atom is -0.0777 e. The summed E-state index contributed by atoms with van der Waals surface area (Å²) in [6.07, 6.45) is 8.99. The molecule has 0 fully saturated rings. The van der Waals surface area contributed by atoms with Crippen molar-refractivity contribution in [1.82, 2.24) is 0 Å². The lowest BCUT2D eigenvalue weighted by molar-refractivity contribution is 0.868. The first-order valence-electron chi connectivity index (χ1n) is 3.45. The highest BCUT2D eigenvalue weighted by atomic mass is 14.0. The average Bonchev–Trinajstić information content (AvgIpc) is 1.97. The average molecular weight is 121 g/mol. The van der Waals surface area contributed by atoms with E-state index in [9.17, 15) is 0 Å². The van der Waals surface area contributed by atoms with Gasteiger partial charge in [-0.25, -0.2) is 0 Å². The van der Waals surface area contributed by atoms with Gasteiger partial charge in [-0.15, -0.1) is 0 Å². The third-order valence-electron chi connectivity index (χ3n) is 1.68. The van der Waals surface area contributed by atoms with Crippen molar-refractivity contribution in [2.45, 2.75) is 26.7 Å². The minimum absolute atomic E-state index is 1.23. The third-order valence-corrected chi connectivity index (χ3v) is 1.68. The minimum atomic E-state index is 1.23. The van der Waals surface area contributed by atoms with Crippen LogP contribution in [0.15, 0.2) is 23.8 Å². The topological polar surface area (TPSA) is 0 Å². The van der Waals surface area contributed by atoms with Crippen molar-refractivity contribution in [3.8, 4) is 0 Å². The van der Waals surface area contributed by atoms with Gasteiger partial charge in [-0.1, -0.05) is 30.7 Å². The highest BCUT2D eigenvalue weighted by Crippen LogP contribution is 2.17. The van der Waals surface area contributed by atoms with Gasteiger partial charge in [0.2, 0.25) is 0 Å². The van der Waals surface area contributed by atoms with Gasteiger partial charge in [0.1, 0.15) is 0 Å². The van der Waals surface area contributed by atoms with E-state index < -0.39 is 0 Å². The van der Waals surface area contributed by atoms with Crippen LogP contribution in [0.25, 0.3) is 0 Å². The molecule has 0 nitrogen and oxygen atoms in total. The molecule has 0 atom stereocenters. The second-order valence-electron chi connectivity index (χ2n) is 2.72. The van der Waals surface area contributed by atoms with Crippen LogP contribution in [0.1, 0.15) is 26.7 Å². The smallest absolute Gasteiger partial charge is 0.00519 e. The Kier molecular flexibility index (Phi) is 2.10. The van der Waals surface area contributed by atoms with Crippen LogP contribution >= 0.6 is 0 Å². The molecule has 1 aliphatic rings. The Morgan fingerprint density at radius 2 is 2.00 bits per heavy atom. The molecule has 0 aromatic rings. The summed E-state index contributed by atoms with van der Waals surface area (Å²) < 4.78 is 0. The zero-order chi connectivity index (χ0) is 6.69. The van der Waals surface area contributed by atoms with Gasteiger partial charge in [0.05, 0.1) is 0 Å². The van der Waals surface area contributed by atoms with Crippen LogP contribution in [-0.4, -0.2) is 0 Å². The predicted molar refractivity (Wildman–Crippen MR) is 41.0 cm³/mol. The first-order valence-corrected chi connectivity index (χ1v) is 3.45. The molecule has 0 amide bonds. The molecule has 9 heavy (non-hydrogen) atoms. The lowest BCUT2D eigenvalue weighted by Crippen LogP contribution is -1.83. The number of hydrogen-bond donors (Lipinski definition) is 0. The molecule has 1 aliphatic carbocycles. The Labute approximate surface area is 57.3 Å². The fourth-order valence-electron chi connectivity index (χ4n) is 0.938. The van der Waals surface area contributed by atoms with Gasteiger partial charge in [0.25, 0.3) is 0 Å². The van der Waals surface area contributed by atoms with E-state index in [1.807, 2.05) is 0 Å². The van der Waals surface area contributed by atoms with E-state index in [0.717, 1.165) is 0 Å². The molecule has 0 aliphatic heterocycles. The van der Waals surface area contributed by atoms with Gasteiger partial charge in [-0.3, -0.25) is 0 Å². The third kappa shape index (κ3) is 2.05. The SMILES string of the molecule is C[C]1C=CC=C(C)CC1. The van der Waals surface area contributed by atoms with E-state index in [2.05, 4.69) is 32.1 Å². The summed E-state index contributed by atoms with van der Waals surface area (Å²) in [5.41, 5.74) is 1.49. The van der Waals surface area contributed by atoms with E-state index in [4.69, 9.17) is 0 Å². The molecular formula is C9H13. The highest BCUT2D eigenvalue weighted by molar-refractivity contribution is 5.21. The highest BCUT2D eigenvalue weighted by Gasteiger charge is 2.00. The van der Waals surface area contributed by atoms with E-state index in [1.54, 1.807) is 0 Å². The second-order valence-corrected chi connectivity index (χ2v) is 2.72. The summed E-state index contributed by atoms with van der Waals surface area (Å²) in [6.45, 7) is 4.37. The van der Waals surface area contributed by atoms with Crippen LogP contribution in [0.2, 0.25) is 0 Å². The van der Waals surface area contributed by atoms with Gasteiger partial charge < -0.3 is 0 Å². The molecule has 49 valence electrons. The Bertz CT molecular complexity index is 140. The quantitative estimate of drug-likeness (QED) is 0.462. The molecule has 1 rings (SSSR count). The lowest BCUT2D eigenvalue weighted by atomic mass is 10.0. The van der Waals surface area contributed by atoms with Crippen molar-refractivity contribution < 1.29 is 0 Å². The molecule has 0 bridgehead atoms. The van der Waals surface area contributed by atoms with Crippen LogP contribution in [0.3, 0.4) is 0 Å². The zero-order valence-corrected chi connectivity index (χ0v) is 6.15. The monoisotopic (exact) mass is 121 g/mol. The maximum absolute atomic E-state index is 2.19. The maximum Gasteiger partial charge on any atom is -0.00519 e. The molecule has 0 heteroatoms. The molecule has 0 saturated carbocycles. The Hall–Kier alpha value is -0.520. The van der Waals surface area contributed by atoms with E-state index in [1.165, 1.54) is 24.3 Å². The molecule has 0 aromatic heterocycles. The van der Waals surface area contributed by atoms with Gasteiger partial charge in [0.15, 0.2) is 0 Å². The number of rotatable bonds is 0. The predicted octanol–water partition coefficient (Wildman–Crippen LogP) is 2.88. The number of hydrogen-bond acceptors (Lipinski definition) is 0. The van der Waals surface area contributed by atoms with Crippen molar-refractivity contribution in [3.05, 3.63) is 29.7 Å². The van der Waals surface area contributed by atoms with Crippen LogP contribution in [0, 0.1) is 5.92 Å². The molecule has 0 heterocycles. The molecule has 0 saturated heterocycles. The van der Waals surface area contributed by atoms with Crippen LogP contribution in [0.4, 0.5) is 0 Å². The van der Waals surface area contributed by atoms with Gasteiger partial charge in [0, 0.05) is 0 Å². The van der Waals surface area contributed by atoms with Crippen molar-refractivity contribution in [1.29, 1.82) is 0 Å². The summed E-state index contributed by atoms with van der Waals surface area (Å²) >= 11 is 0. The van der Waals surface area contributed by atoms with Gasteiger partial charge >= 0.3 is 0 Å². The van der Waals surface area contributed by atoms with E-state index in [0.29, 0.717) is 0 Å². The van der Waals surface area contributed by atoms with E-state index >= 15 is 0 Å². The maximum atomic E-state index is 2.19. The first-order chi connectivity index (χ1) is 4.29. The molecular weight excluding hydrogens is 108 g/mol. The van der Waals surface area contributed by atoms with Crippen molar-refractivity contribution in [2.75, 3.05) is 0 Å². The summed E-state index contributed by atoms with van der Waals surface area (Å²) in [5.74, 6) is 1.49. The zero-order valence-electron chi connectivity index (χ0n) is 6.15. The molecule has 0 unspecified atom stereocenters. The van der Waals surface area contributed by atoms with E-state index in [-0.39, 0.29) is 0 Å². The first kappa shape index (κ1) is 6.60. The second kappa shape index (κ2) is 2.86. The number of allylic oxidation sites excluding steroid dienone is 4. The largest absolute Gasteiger partial charge is 0.0777 e.